The number of nitrogens with zero attached hydrogens (tertiary/aromatic N) is 1. The highest BCUT2D eigenvalue weighted by Gasteiger charge is 2.34. The zero-order chi connectivity index (χ0) is 17.0. The Morgan fingerprint density at radius 1 is 1.35 bits per heavy atom. The van der Waals surface area contributed by atoms with Gasteiger partial charge in [-0.1, -0.05) is 26.0 Å². The molecule has 1 heterocycles. The zero-order valence-electron chi connectivity index (χ0n) is 14.3. The van der Waals surface area contributed by atoms with Gasteiger partial charge in [0.05, 0.1) is 12.0 Å². The van der Waals surface area contributed by atoms with E-state index in [0.717, 1.165) is 12.1 Å². The molecule has 0 aromatic heterocycles. The molecular formula is C17H27FN4O. The van der Waals surface area contributed by atoms with Crippen LogP contribution in [-0.2, 0) is 4.79 Å². The summed E-state index contributed by atoms with van der Waals surface area (Å²) in [6.45, 7) is 6.35. The predicted octanol–water partition coefficient (Wildman–Crippen LogP) is 1.29. The number of hydrogen-bond donors (Lipinski definition) is 3. The maximum Gasteiger partial charge on any atom is 0.226 e. The van der Waals surface area contributed by atoms with Crippen LogP contribution in [0.3, 0.4) is 0 Å². The monoisotopic (exact) mass is 322 g/mol. The summed E-state index contributed by atoms with van der Waals surface area (Å²) in [5.41, 5.74) is 7.05. The Hall–Kier alpha value is -1.50. The van der Waals surface area contributed by atoms with Crippen molar-refractivity contribution in [3.8, 4) is 0 Å². The molecule has 5 nitrogen and oxygen atoms in total. The highest BCUT2D eigenvalue weighted by atomic mass is 19.1. The van der Waals surface area contributed by atoms with E-state index in [2.05, 4.69) is 34.9 Å². The maximum atomic E-state index is 13.1. The second-order valence-electron chi connectivity index (χ2n) is 7.28. The minimum Gasteiger partial charge on any atom is -0.355 e. The molecule has 2 rings (SSSR count). The van der Waals surface area contributed by atoms with Crippen molar-refractivity contribution in [2.45, 2.75) is 19.9 Å². The molecule has 0 radical (unpaired) electrons. The van der Waals surface area contributed by atoms with Gasteiger partial charge in [-0.3, -0.25) is 10.2 Å². The van der Waals surface area contributed by atoms with E-state index < -0.39 is 0 Å². The van der Waals surface area contributed by atoms with Crippen molar-refractivity contribution >= 4 is 5.91 Å². The van der Waals surface area contributed by atoms with Crippen LogP contribution in [0, 0.1) is 17.2 Å². The molecule has 1 aromatic rings. The zero-order valence-corrected chi connectivity index (χ0v) is 14.3. The van der Waals surface area contributed by atoms with Gasteiger partial charge in [0.1, 0.15) is 5.82 Å². The van der Waals surface area contributed by atoms with E-state index in [1.54, 1.807) is 12.1 Å². The molecule has 1 amide bonds. The largest absolute Gasteiger partial charge is 0.355 e. The van der Waals surface area contributed by atoms with Crippen LogP contribution in [0.5, 0.6) is 0 Å². The minimum atomic E-state index is -0.272. The van der Waals surface area contributed by atoms with E-state index in [0.29, 0.717) is 13.1 Å². The van der Waals surface area contributed by atoms with Gasteiger partial charge in [0.2, 0.25) is 5.91 Å². The van der Waals surface area contributed by atoms with Crippen LogP contribution < -0.4 is 16.2 Å². The minimum absolute atomic E-state index is 0.00396. The Balaban J connectivity index is 1.97. The van der Waals surface area contributed by atoms with Crippen LogP contribution in [0.1, 0.15) is 25.5 Å². The van der Waals surface area contributed by atoms with Crippen LogP contribution in [0.25, 0.3) is 0 Å². The lowest BCUT2D eigenvalue weighted by molar-refractivity contribution is -0.125. The topological polar surface area (TPSA) is 56.4 Å². The molecule has 1 aliphatic rings. The normalized spacial score (nSPS) is 21.7. The average molecular weight is 322 g/mol. The predicted molar refractivity (Wildman–Crippen MR) is 89.1 cm³/mol. The summed E-state index contributed by atoms with van der Waals surface area (Å²) in [6.07, 6.45) is 0. The lowest BCUT2D eigenvalue weighted by Crippen LogP contribution is -2.43. The van der Waals surface area contributed by atoms with Gasteiger partial charge in [-0.25, -0.2) is 9.82 Å². The number of amides is 1. The molecule has 1 fully saturated rings. The molecule has 1 saturated heterocycles. The fourth-order valence-corrected chi connectivity index (χ4v) is 3.10. The second kappa shape index (κ2) is 7.38. The van der Waals surface area contributed by atoms with Crippen LogP contribution in [-0.4, -0.2) is 44.5 Å². The van der Waals surface area contributed by atoms with Gasteiger partial charge < -0.3 is 10.2 Å². The number of halogens is 1. The summed E-state index contributed by atoms with van der Waals surface area (Å²) < 4.78 is 13.1. The smallest absolute Gasteiger partial charge is 0.226 e. The quantitative estimate of drug-likeness (QED) is 0.739. The van der Waals surface area contributed by atoms with Crippen molar-refractivity contribution in [1.82, 2.24) is 21.1 Å². The third-order valence-corrected chi connectivity index (χ3v) is 4.03. The van der Waals surface area contributed by atoms with Gasteiger partial charge in [0.15, 0.2) is 0 Å². The number of carbonyl (C=O) groups is 1. The number of rotatable bonds is 6. The first-order valence-electron chi connectivity index (χ1n) is 7.95. The van der Waals surface area contributed by atoms with E-state index in [-0.39, 0.29) is 29.1 Å². The molecule has 0 aliphatic carbocycles. The Kier molecular flexibility index (Phi) is 5.73. The molecule has 2 atom stereocenters. The Labute approximate surface area is 137 Å². The summed E-state index contributed by atoms with van der Waals surface area (Å²) in [6, 6.07) is 6.13. The number of hydrogen-bond acceptors (Lipinski definition) is 4. The van der Waals surface area contributed by atoms with Gasteiger partial charge in [-0.05, 0) is 37.2 Å². The number of carbonyl (C=O) groups excluding carboxylic acids is 1. The fourth-order valence-electron chi connectivity index (χ4n) is 3.10. The Morgan fingerprint density at radius 2 is 2.00 bits per heavy atom. The van der Waals surface area contributed by atoms with Gasteiger partial charge in [0.25, 0.3) is 0 Å². The Morgan fingerprint density at radius 3 is 2.61 bits per heavy atom. The third-order valence-electron chi connectivity index (χ3n) is 4.03. The first-order valence-corrected chi connectivity index (χ1v) is 7.95. The second-order valence-corrected chi connectivity index (χ2v) is 7.28. The average Bonchev–Trinajstić information content (AvgIpc) is 2.94. The summed E-state index contributed by atoms with van der Waals surface area (Å²) in [5, 5.41) is 3.06. The van der Waals surface area contributed by atoms with Crippen LogP contribution in [0.2, 0.25) is 0 Å². The molecule has 23 heavy (non-hydrogen) atoms. The highest BCUT2D eigenvalue weighted by Crippen LogP contribution is 2.25. The van der Waals surface area contributed by atoms with Crippen molar-refractivity contribution < 1.29 is 9.18 Å². The molecule has 1 aromatic carbocycles. The molecular weight excluding hydrogens is 295 g/mol. The lowest BCUT2D eigenvalue weighted by atomic mass is 9.91. The summed E-state index contributed by atoms with van der Waals surface area (Å²) >= 11 is 0. The van der Waals surface area contributed by atoms with Crippen molar-refractivity contribution in [2.24, 2.45) is 11.3 Å². The summed E-state index contributed by atoms with van der Waals surface area (Å²) in [7, 11) is 4.05. The number of benzene rings is 1. The summed E-state index contributed by atoms with van der Waals surface area (Å²) in [5.74, 6) is -0.467. The van der Waals surface area contributed by atoms with E-state index in [4.69, 9.17) is 0 Å². The first kappa shape index (κ1) is 17.8. The molecule has 0 spiro atoms. The van der Waals surface area contributed by atoms with Crippen LogP contribution >= 0.6 is 0 Å². The molecule has 128 valence electrons. The van der Waals surface area contributed by atoms with Crippen LogP contribution in [0.15, 0.2) is 24.3 Å². The SMILES string of the molecule is CN(C)CC(C)(C)CNC(=O)C1CNNC1c1ccc(F)cc1. The molecule has 6 heteroatoms. The number of nitrogens with one attached hydrogen (secondary N) is 3. The van der Waals surface area contributed by atoms with Gasteiger partial charge >= 0.3 is 0 Å². The molecule has 3 N–H and O–H groups in total. The van der Waals surface area contributed by atoms with E-state index in [9.17, 15) is 9.18 Å². The molecule has 0 bridgehead atoms. The Bertz CT molecular complexity index is 530. The van der Waals surface area contributed by atoms with Gasteiger partial charge in [-0.2, -0.15) is 0 Å². The van der Waals surface area contributed by atoms with E-state index >= 15 is 0 Å². The van der Waals surface area contributed by atoms with E-state index in [1.165, 1.54) is 12.1 Å². The molecule has 0 saturated carbocycles. The standard InChI is InChI=1S/C17H27FN4O/c1-17(2,11-22(3)4)10-19-16(23)14-9-20-21-15(14)12-5-7-13(18)8-6-12/h5-8,14-15,20-21H,9-11H2,1-4H3,(H,19,23). The third kappa shape index (κ3) is 4.99. The molecule has 2 unspecified atom stereocenters. The fraction of sp³-hybridized carbons (Fsp3) is 0.588. The molecule has 1 aliphatic heterocycles. The van der Waals surface area contributed by atoms with Gasteiger partial charge in [0, 0.05) is 19.6 Å². The van der Waals surface area contributed by atoms with Gasteiger partial charge in [-0.15, -0.1) is 0 Å². The summed E-state index contributed by atoms with van der Waals surface area (Å²) in [4.78, 5) is 14.7. The van der Waals surface area contributed by atoms with Crippen LogP contribution in [0.4, 0.5) is 4.39 Å². The number of hydrazine groups is 1. The first-order chi connectivity index (χ1) is 10.8. The van der Waals surface area contributed by atoms with Crippen molar-refractivity contribution in [2.75, 3.05) is 33.7 Å². The van der Waals surface area contributed by atoms with Crippen molar-refractivity contribution in [3.05, 3.63) is 35.6 Å². The lowest BCUT2D eigenvalue weighted by Gasteiger charge is -2.29. The van der Waals surface area contributed by atoms with Crippen molar-refractivity contribution in [1.29, 1.82) is 0 Å². The highest BCUT2D eigenvalue weighted by molar-refractivity contribution is 5.80. The van der Waals surface area contributed by atoms with Crippen molar-refractivity contribution in [3.63, 3.8) is 0 Å². The maximum absolute atomic E-state index is 13.1. The van der Waals surface area contributed by atoms with E-state index in [1.807, 2.05) is 14.1 Å².